The van der Waals surface area contributed by atoms with E-state index in [1.165, 1.54) is 70.6 Å². The van der Waals surface area contributed by atoms with Crippen molar-refractivity contribution in [2.45, 2.75) is 124 Å². The fraction of sp³-hybridized carbons (Fsp3) is 0.906. The Morgan fingerprint density at radius 2 is 1.86 bits per heavy atom. The second kappa shape index (κ2) is 12.0. The van der Waals surface area contributed by atoms with Crippen molar-refractivity contribution in [2.75, 3.05) is 5.75 Å². The number of allylic oxidation sites excluding steroid dienone is 2. The van der Waals surface area contributed by atoms with Gasteiger partial charge in [-0.3, -0.25) is 4.79 Å². The van der Waals surface area contributed by atoms with E-state index in [1.54, 1.807) is 16.4 Å². The van der Waals surface area contributed by atoms with Crippen LogP contribution in [0.2, 0.25) is 0 Å². The molecule has 0 aromatic carbocycles. The summed E-state index contributed by atoms with van der Waals surface area (Å²) in [6.07, 6.45) is 18.3. The average molecular weight is 535 g/mol. The molecule has 4 heteroatoms. The normalized spacial score (nSPS) is 39.6. The van der Waals surface area contributed by atoms with E-state index < -0.39 is 5.97 Å². The molecule has 3 saturated carbocycles. The topological polar surface area (TPSA) is 37.3 Å². The van der Waals surface area contributed by atoms with Crippen molar-refractivity contribution in [3.05, 3.63) is 11.6 Å². The third kappa shape index (κ3) is 5.75. The van der Waals surface area contributed by atoms with Gasteiger partial charge in [0.1, 0.15) is 0 Å². The quantitative estimate of drug-likeness (QED) is 0.163. The number of hydrogen-bond donors (Lipinski definition) is 1. The fourth-order valence-electron chi connectivity index (χ4n) is 9.65. The number of fused-ring (bicyclic) bond motifs is 5. The monoisotopic (exact) mass is 534 g/mol. The summed E-state index contributed by atoms with van der Waals surface area (Å²) >= 11 is 0. The Hall–Kier alpha value is -0.0900. The van der Waals surface area contributed by atoms with E-state index in [1.807, 2.05) is 10.8 Å². The predicted octanol–water partition coefficient (Wildman–Crippen LogP) is 9.89. The van der Waals surface area contributed by atoms with Crippen molar-refractivity contribution < 1.29 is 9.90 Å². The van der Waals surface area contributed by atoms with E-state index in [-0.39, 0.29) is 6.42 Å². The van der Waals surface area contributed by atoms with Gasteiger partial charge in [-0.05, 0) is 110 Å². The van der Waals surface area contributed by atoms with Crippen LogP contribution < -0.4 is 0 Å². The van der Waals surface area contributed by atoms with Gasteiger partial charge in [0.25, 0.3) is 0 Å². The minimum absolute atomic E-state index is 0.283. The number of rotatable bonds is 11. The molecule has 3 fully saturated rings. The van der Waals surface area contributed by atoms with Crippen LogP contribution in [0.25, 0.3) is 0 Å². The summed E-state index contributed by atoms with van der Waals surface area (Å²) in [5, 5.41) is 9.59. The minimum Gasteiger partial charge on any atom is -0.481 e. The summed E-state index contributed by atoms with van der Waals surface area (Å²) in [5.74, 6) is 6.32. The lowest BCUT2D eigenvalue weighted by atomic mass is 9.47. The molecule has 0 radical (unpaired) electrons. The highest BCUT2D eigenvalue weighted by atomic mass is 33.1. The molecule has 9 atom stereocenters. The summed E-state index contributed by atoms with van der Waals surface area (Å²) in [6.45, 7) is 15.2. The number of carbonyl (C=O) groups is 1. The van der Waals surface area contributed by atoms with Crippen LogP contribution in [0.5, 0.6) is 0 Å². The van der Waals surface area contributed by atoms with Gasteiger partial charge in [0.2, 0.25) is 0 Å². The molecule has 0 bridgehead atoms. The highest BCUT2D eigenvalue weighted by Gasteiger charge is 2.59. The van der Waals surface area contributed by atoms with E-state index >= 15 is 0 Å². The van der Waals surface area contributed by atoms with Crippen LogP contribution in [0, 0.1) is 52.3 Å². The Labute approximate surface area is 230 Å². The molecule has 0 aliphatic heterocycles. The van der Waals surface area contributed by atoms with E-state index in [4.69, 9.17) is 5.11 Å². The van der Waals surface area contributed by atoms with Gasteiger partial charge in [-0.15, -0.1) is 0 Å². The molecule has 0 aromatic heterocycles. The molecule has 206 valence electrons. The maximum atomic E-state index is 10.8. The van der Waals surface area contributed by atoms with Crippen molar-refractivity contribution in [1.82, 2.24) is 0 Å². The van der Waals surface area contributed by atoms with Crippen molar-refractivity contribution >= 4 is 27.6 Å². The Morgan fingerprint density at radius 3 is 2.56 bits per heavy atom. The molecule has 36 heavy (non-hydrogen) atoms. The third-order valence-electron chi connectivity index (χ3n) is 11.9. The van der Waals surface area contributed by atoms with Crippen molar-refractivity contribution in [3.8, 4) is 0 Å². The second-order valence-corrected chi connectivity index (χ2v) is 16.7. The van der Waals surface area contributed by atoms with E-state index in [9.17, 15) is 4.79 Å². The SMILES string of the molecule is CC[C@H](CC[C@@H](C)[C@H]1CC[C@H]2[C@@H]3CC=C4C[C@@H](SSCCC(=O)O)CC[C@]4(C)[C@H]3CC[C@]12C)C(C)C. The van der Waals surface area contributed by atoms with Gasteiger partial charge in [0.15, 0.2) is 0 Å². The first-order valence-electron chi connectivity index (χ1n) is 15.3. The number of carboxylic acid groups (broad SMARTS) is 1. The number of hydrogen-bond acceptors (Lipinski definition) is 3. The standard InChI is InChI=1S/C32H54O2S2/c1-7-23(21(2)3)9-8-22(4)27-12-13-28-26-11-10-24-20-25(36-35-19-16-30(33)34)14-17-31(24,5)29(26)15-18-32(27,28)6/h10,21-23,25-29H,7-9,11-20H2,1-6H3,(H,33,34)/t22-,23-,25+,26+,27-,28+,29+,31+,32-/m1/s1. The predicted molar refractivity (Wildman–Crippen MR) is 158 cm³/mol. The summed E-state index contributed by atoms with van der Waals surface area (Å²) < 4.78 is 0. The van der Waals surface area contributed by atoms with Crippen LogP contribution in [0.4, 0.5) is 0 Å². The highest BCUT2D eigenvalue weighted by Crippen LogP contribution is 2.67. The highest BCUT2D eigenvalue weighted by molar-refractivity contribution is 8.76. The third-order valence-corrected chi connectivity index (χ3v) is 14.8. The van der Waals surface area contributed by atoms with Crippen LogP contribution >= 0.6 is 21.6 Å². The largest absolute Gasteiger partial charge is 0.481 e. The summed E-state index contributed by atoms with van der Waals surface area (Å²) in [7, 11) is 3.74. The van der Waals surface area contributed by atoms with Crippen LogP contribution in [-0.2, 0) is 4.79 Å². The van der Waals surface area contributed by atoms with Gasteiger partial charge < -0.3 is 5.11 Å². The van der Waals surface area contributed by atoms with E-state index in [2.05, 4.69) is 47.6 Å². The Morgan fingerprint density at radius 1 is 1.08 bits per heavy atom. The molecule has 2 nitrogen and oxygen atoms in total. The lowest BCUT2D eigenvalue weighted by Crippen LogP contribution is -2.50. The first-order valence-corrected chi connectivity index (χ1v) is 17.7. The zero-order valence-corrected chi connectivity index (χ0v) is 25.7. The van der Waals surface area contributed by atoms with Crippen LogP contribution in [0.3, 0.4) is 0 Å². The molecular weight excluding hydrogens is 480 g/mol. The molecule has 4 rings (SSSR count). The lowest BCUT2D eigenvalue weighted by molar-refractivity contribution is -0.136. The first-order chi connectivity index (χ1) is 17.1. The Bertz CT molecular complexity index is 793. The van der Waals surface area contributed by atoms with Gasteiger partial charge in [-0.25, -0.2) is 0 Å². The van der Waals surface area contributed by atoms with Gasteiger partial charge in [-0.1, -0.05) is 87.6 Å². The van der Waals surface area contributed by atoms with Crippen molar-refractivity contribution in [3.63, 3.8) is 0 Å². The summed E-state index contributed by atoms with van der Waals surface area (Å²) in [4.78, 5) is 10.8. The maximum Gasteiger partial charge on any atom is 0.304 e. The summed E-state index contributed by atoms with van der Waals surface area (Å²) in [5.41, 5.74) is 2.75. The molecule has 0 unspecified atom stereocenters. The Kier molecular flexibility index (Phi) is 9.61. The zero-order chi connectivity index (χ0) is 26.1. The van der Waals surface area contributed by atoms with Crippen LogP contribution in [0.15, 0.2) is 11.6 Å². The molecule has 0 amide bonds. The van der Waals surface area contributed by atoms with Gasteiger partial charge in [0.05, 0.1) is 6.42 Å². The molecule has 0 aromatic rings. The molecular formula is C32H54O2S2. The van der Waals surface area contributed by atoms with Crippen LogP contribution in [-0.4, -0.2) is 22.1 Å². The second-order valence-electron chi connectivity index (χ2n) is 13.9. The fourth-order valence-corrected chi connectivity index (χ4v) is 12.3. The molecule has 0 heterocycles. The van der Waals surface area contributed by atoms with Gasteiger partial charge in [0, 0.05) is 11.0 Å². The average Bonchev–Trinajstić information content (AvgIpc) is 3.19. The number of carboxylic acids is 1. The molecule has 4 aliphatic carbocycles. The van der Waals surface area contributed by atoms with E-state index in [0.717, 1.165) is 47.2 Å². The maximum absolute atomic E-state index is 10.8. The minimum atomic E-state index is -0.672. The first kappa shape index (κ1) is 28.9. The molecule has 1 N–H and O–H groups in total. The molecule has 0 saturated heterocycles. The number of aliphatic carboxylic acids is 1. The van der Waals surface area contributed by atoms with Crippen molar-refractivity contribution in [2.24, 2.45) is 52.3 Å². The Balaban J connectivity index is 1.38. The lowest BCUT2D eigenvalue weighted by Gasteiger charge is -2.58. The van der Waals surface area contributed by atoms with Crippen molar-refractivity contribution in [1.29, 1.82) is 0 Å². The summed E-state index contributed by atoms with van der Waals surface area (Å²) in [6, 6.07) is 0. The van der Waals surface area contributed by atoms with Gasteiger partial charge in [-0.2, -0.15) is 0 Å². The zero-order valence-electron chi connectivity index (χ0n) is 24.1. The van der Waals surface area contributed by atoms with Gasteiger partial charge >= 0.3 is 5.97 Å². The van der Waals surface area contributed by atoms with Crippen LogP contribution in [0.1, 0.15) is 119 Å². The smallest absolute Gasteiger partial charge is 0.304 e. The molecule has 4 aliphatic rings. The molecule has 0 spiro atoms. The van der Waals surface area contributed by atoms with E-state index in [0.29, 0.717) is 16.1 Å².